The van der Waals surface area contributed by atoms with E-state index in [-0.39, 0.29) is 5.69 Å². The lowest BCUT2D eigenvalue weighted by Gasteiger charge is -1.96. The molecular weight excluding hydrogens is 236 g/mol. The number of pyridine rings is 1. The fraction of sp³-hybridized carbons (Fsp3) is 0.375. The zero-order valence-corrected chi connectivity index (χ0v) is 8.53. The quantitative estimate of drug-likeness (QED) is 0.464. The van der Waals surface area contributed by atoms with Crippen LogP contribution in [0.3, 0.4) is 0 Å². The van der Waals surface area contributed by atoms with Gasteiger partial charge in [0.05, 0.1) is 4.92 Å². The fourth-order valence-corrected chi connectivity index (χ4v) is 1.20. The molecule has 0 saturated carbocycles. The molecule has 0 aliphatic rings. The van der Waals surface area contributed by atoms with Crippen LogP contribution >= 0.6 is 15.9 Å². The van der Waals surface area contributed by atoms with E-state index in [9.17, 15) is 10.1 Å². The van der Waals surface area contributed by atoms with E-state index in [0.29, 0.717) is 0 Å². The summed E-state index contributed by atoms with van der Waals surface area (Å²) in [5.74, 6) is 0. The molecule has 4 nitrogen and oxygen atoms in total. The number of rotatable bonds is 4. The summed E-state index contributed by atoms with van der Waals surface area (Å²) in [4.78, 5) is 13.8. The maximum Gasteiger partial charge on any atom is 0.287 e. The second kappa shape index (κ2) is 4.91. The molecule has 1 aromatic heterocycles. The molecule has 1 heterocycles. The monoisotopic (exact) mass is 244 g/mol. The van der Waals surface area contributed by atoms with Crippen molar-refractivity contribution in [2.24, 2.45) is 0 Å². The average Bonchev–Trinajstić information content (AvgIpc) is 2.15. The third-order valence-corrected chi connectivity index (χ3v) is 2.15. The number of hydrogen-bond donors (Lipinski definition) is 0. The number of aromatic nitrogens is 1. The van der Waals surface area contributed by atoms with Crippen LogP contribution < -0.4 is 0 Å². The zero-order valence-electron chi connectivity index (χ0n) is 6.94. The third kappa shape index (κ3) is 3.10. The molecule has 0 radical (unpaired) electrons. The van der Waals surface area contributed by atoms with E-state index in [1.165, 1.54) is 12.3 Å². The molecule has 0 N–H and O–H groups in total. The first-order chi connectivity index (χ1) is 6.24. The van der Waals surface area contributed by atoms with Gasteiger partial charge in [-0.15, -0.1) is 0 Å². The number of hydrogen-bond acceptors (Lipinski definition) is 3. The molecule has 0 fully saturated rings. The van der Waals surface area contributed by atoms with Crippen molar-refractivity contribution in [1.29, 1.82) is 0 Å². The first-order valence-corrected chi connectivity index (χ1v) is 5.01. The van der Waals surface area contributed by atoms with Crippen molar-refractivity contribution in [3.05, 3.63) is 34.1 Å². The Morgan fingerprint density at radius 2 is 2.31 bits per heavy atom. The van der Waals surface area contributed by atoms with Crippen LogP contribution in [0.15, 0.2) is 18.3 Å². The molecule has 0 spiro atoms. The summed E-state index contributed by atoms with van der Waals surface area (Å²) in [6.07, 6.45) is 3.14. The van der Waals surface area contributed by atoms with Crippen molar-refractivity contribution in [2.75, 3.05) is 5.33 Å². The number of alkyl halides is 1. The van der Waals surface area contributed by atoms with Crippen molar-refractivity contribution in [3.63, 3.8) is 0 Å². The van der Waals surface area contributed by atoms with Crippen LogP contribution in [0, 0.1) is 10.1 Å². The second-order valence-electron chi connectivity index (χ2n) is 2.56. The van der Waals surface area contributed by atoms with Gasteiger partial charge in [-0.2, -0.15) is 0 Å². The number of aryl methyl sites for hydroxylation is 1. The summed E-state index contributed by atoms with van der Waals surface area (Å²) >= 11 is 3.31. The van der Waals surface area contributed by atoms with Crippen LogP contribution in [0.1, 0.15) is 12.1 Å². The summed E-state index contributed by atoms with van der Waals surface area (Å²) < 4.78 is 0. The summed E-state index contributed by atoms with van der Waals surface area (Å²) in [6, 6.07) is 3.18. The second-order valence-corrected chi connectivity index (χ2v) is 3.35. The van der Waals surface area contributed by atoms with E-state index in [4.69, 9.17) is 0 Å². The molecule has 0 aliphatic carbocycles. The highest BCUT2D eigenvalue weighted by Gasteiger charge is 2.04. The summed E-state index contributed by atoms with van der Waals surface area (Å²) in [7, 11) is 0. The Morgan fingerprint density at radius 3 is 2.77 bits per heavy atom. The van der Waals surface area contributed by atoms with Gasteiger partial charge in [-0.25, -0.2) is 0 Å². The molecule has 13 heavy (non-hydrogen) atoms. The highest BCUT2D eigenvalue weighted by atomic mass is 79.9. The molecule has 0 atom stereocenters. The lowest BCUT2D eigenvalue weighted by Crippen LogP contribution is -1.93. The predicted octanol–water partition coefficient (Wildman–Crippen LogP) is 2.32. The average molecular weight is 245 g/mol. The molecule has 0 aromatic carbocycles. The first-order valence-electron chi connectivity index (χ1n) is 3.89. The van der Waals surface area contributed by atoms with Crippen molar-refractivity contribution in [3.8, 4) is 0 Å². The summed E-state index contributed by atoms with van der Waals surface area (Å²) in [6.45, 7) is 0. The van der Waals surface area contributed by atoms with Crippen molar-refractivity contribution >= 4 is 21.6 Å². The van der Waals surface area contributed by atoms with Crippen molar-refractivity contribution in [2.45, 2.75) is 12.8 Å². The lowest BCUT2D eigenvalue weighted by molar-refractivity contribution is -0.385. The standard InChI is InChI=1S/C8H9BrN2O2/c9-5-1-2-7-3-4-8(6-10-7)11(12)13/h3-4,6H,1-2,5H2. The van der Waals surface area contributed by atoms with Gasteiger partial charge in [-0.3, -0.25) is 15.1 Å². The number of nitrogens with zero attached hydrogens (tertiary/aromatic N) is 2. The minimum absolute atomic E-state index is 0.0441. The van der Waals surface area contributed by atoms with Gasteiger partial charge < -0.3 is 0 Å². The highest BCUT2D eigenvalue weighted by Crippen LogP contribution is 2.10. The highest BCUT2D eigenvalue weighted by molar-refractivity contribution is 9.09. The van der Waals surface area contributed by atoms with Gasteiger partial charge >= 0.3 is 0 Å². The van der Waals surface area contributed by atoms with Crippen LogP contribution in [-0.2, 0) is 6.42 Å². The molecule has 5 heteroatoms. The smallest absolute Gasteiger partial charge is 0.258 e. The molecule has 70 valence electrons. The van der Waals surface area contributed by atoms with E-state index >= 15 is 0 Å². The molecule has 1 aromatic rings. The van der Waals surface area contributed by atoms with Crippen LogP contribution in [0.2, 0.25) is 0 Å². The van der Waals surface area contributed by atoms with Gasteiger partial charge in [0.1, 0.15) is 6.20 Å². The largest absolute Gasteiger partial charge is 0.287 e. The summed E-state index contributed by atoms with van der Waals surface area (Å²) in [5, 5.41) is 11.2. The van der Waals surface area contributed by atoms with Gasteiger partial charge in [0.2, 0.25) is 0 Å². The van der Waals surface area contributed by atoms with Gasteiger partial charge in [-0.1, -0.05) is 15.9 Å². The van der Waals surface area contributed by atoms with Crippen molar-refractivity contribution in [1.82, 2.24) is 4.98 Å². The maximum atomic E-state index is 10.3. The Morgan fingerprint density at radius 1 is 1.54 bits per heavy atom. The molecule has 1 rings (SSSR count). The molecule has 0 amide bonds. The fourth-order valence-electron chi connectivity index (χ4n) is 0.921. The predicted molar refractivity (Wildman–Crippen MR) is 53.0 cm³/mol. The third-order valence-electron chi connectivity index (χ3n) is 1.59. The molecule has 0 unspecified atom stereocenters. The zero-order chi connectivity index (χ0) is 9.68. The van der Waals surface area contributed by atoms with Gasteiger partial charge in [-0.05, 0) is 18.9 Å². The van der Waals surface area contributed by atoms with Gasteiger partial charge in [0, 0.05) is 17.1 Å². The van der Waals surface area contributed by atoms with Crippen molar-refractivity contribution < 1.29 is 4.92 Å². The van der Waals surface area contributed by atoms with Gasteiger partial charge in [0.15, 0.2) is 0 Å². The van der Waals surface area contributed by atoms with E-state index < -0.39 is 4.92 Å². The Labute approximate surface area is 84.3 Å². The molecule has 0 aliphatic heterocycles. The lowest BCUT2D eigenvalue weighted by atomic mass is 10.2. The van der Waals surface area contributed by atoms with Crippen LogP contribution in [0.4, 0.5) is 5.69 Å². The SMILES string of the molecule is O=[N+]([O-])c1ccc(CCCBr)nc1. The maximum absolute atomic E-state index is 10.3. The van der Waals surface area contributed by atoms with Crippen LogP contribution in [-0.4, -0.2) is 15.2 Å². The van der Waals surface area contributed by atoms with Gasteiger partial charge in [0.25, 0.3) is 5.69 Å². The first kappa shape index (κ1) is 10.1. The minimum atomic E-state index is -0.443. The normalized spacial score (nSPS) is 9.92. The molecule has 0 saturated heterocycles. The molecule has 0 bridgehead atoms. The Bertz CT molecular complexity index is 287. The summed E-state index contributed by atoms with van der Waals surface area (Å²) in [5.41, 5.74) is 0.938. The van der Waals surface area contributed by atoms with Crippen LogP contribution in [0.5, 0.6) is 0 Å². The Balaban J connectivity index is 2.64. The van der Waals surface area contributed by atoms with Crippen LogP contribution in [0.25, 0.3) is 0 Å². The molecular formula is C8H9BrN2O2. The number of halogens is 1. The van der Waals surface area contributed by atoms with E-state index in [0.717, 1.165) is 23.9 Å². The minimum Gasteiger partial charge on any atom is -0.258 e. The Kier molecular flexibility index (Phi) is 3.82. The van der Waals surface area contributed by atoms with E-state index in [1.807, 2.05) is 0 Å². The number of nitro groups is 1. The topological polar surface area (TPSA) is 56.0 Å². The van der Waals surface area contributed by atoms with E-state index in [2.05, 4.69) is 20.9 Å². The Hall–Kier alpha value is -0.970. The van der Waals surface area contributed by atoms with E-state index in [1.54, 1.807) is 6.07 Å².